The molecule has 7 N–H and O–H groups in total. The number of anilines is 2. The van der Waals surface area contributed by atoms with Crippen LogP contribution in [0.3, 0.4) is 0 Å². The van der Waals surface area contributed by atoms with Crippen LogP contribution in [-0.4, -0.2) is 253 Å². The van der Waals surface area contributed by atoms with Crippen molar-refractivity contribution in [2.75, 3.05) is 83.7 Å². The number of nitrogen functional groups attached to an aromatic ring is 1. The summed E-state index contributed by atoms with van der Waals surface area (Å²) in [5, 5.41) is 16.9. The molecule has 3 saturated heterocycles. The summed E-state index contributed by atoms with van der Waals surface area (Å²) < 4.78 is 88.5. The van der Waals surface area contributed by atoms with Gasteiger partial charge in [0.15, 0.2) is 10.3 Å². The van der Waals surface area contributed by atoms with E-state index in [1.807, 2.05) is 43.7 Å². The number of ketones is 3. The lowest BCUT2D eigenvalue weighted by atomic mass is 10.1. The van der Waals surface area contributed by atoms with Crippen LogP contribution in [0.15, 0.2) is 157 Å². The van der Waals surface area contributed by atoms with Crippen LogP contribution in [0.4, 0.5) is 36.6 Å². The highest BCUT2D eigenvalue weighted by Gasteiger charge is 2.40. The van der Waals surface area contributed by atoms with Gasteiger partial charge in [0.1, 0.15) is 16.6 Å². The van der Waals surface area contributed by atoms with E-state index in [-0.39, 0.29) is 118 Å². The van der Waals surface area contributed by atoms with Crippen molar-refractivity contribution < 1.29 is 95.1 Å². The number of alkyl halides is 1. The molecule has 3 fully saturated rings. The smallest absolute Gasteiger partial charge is 0.346 e. The highest BCUT2D eigenvalue weighted by Crippen LogP contribution is 2.33. The van der Waals surface area contributed by atoms with Gasteiger partial charge in [-0.2, -0.15) is 8.78 Å². The van der Waals surface area contributed by atoms with Gasteiger partial charge in [0.05, 0.1) is 69.8 Å². The van der Waals surface area contributed by atoms with Gasteiger partial charge in [-0.15, -0.1) is 22.7 Å². The fourth-order valence-corrected chi connectivity index (χ4v) is 15.8. The molecule has 39 heteroatoms. The summed E-state index contributed by atoms with van der Waals surface area (Å²) in [6, 6.07) is 30.5. The lowest BCUT2D eigenvalue weighted by Gasteiger charge is -2.39. The average Bonchev–Trinajstić information content (AvgIpc) is 1.67. The molecule has 7 amide bonds. The molecule has 4 aromatic carbocycles. The number of carboxylic acids is 1. The molecular formula is C89H91F6N17O14S2. The maximum Gasteiger partial charge on any atom is 0.346 e. The number of H-pyrrole nitrogens is 3. The van der Waals surface area contributed by atoms with E-state index in [1.165, 1.54) is 74.3 Å². The number of nitrogens with two attached hydrogens (primary N) is 1. The number of halogens is 6. The van der Waals surface area contributed by atoms with Gasteiger partial charge in [-0.25, -0.2) is 32.7 Å². The van der Waals surface area contributed by atoms with Crippen LogP contribution >= 0.6 is 22.7 Å². The third-order valence-electron chi connectivity index (χ3n) is 20.8. The standard InChI is InChI=1S/C28H19F5N4O5.C26H24N6O4S.C22H20N4O5.C8H19N.C4H6N2S.CH3F/c1-13-12-36(26(39)14-5-3-2-4-6-14)9-10-37(13)27(40)24(38)16-11-35-22-15(7-8-34-23(16)22)28(41)42-25-20(32)18(30)17(29)19(31)21(25)33;1-15-14-37-26(29-15)30-23(34)18-8-9-27-21-19(12-28-20(18)21)22(33)25(36)32-11-10-31(13-16(32)2)24(35)17-6-4-3-5-7-17;1-13-12-25(20(28)14-5-3-2-4-6-14)9-10-26(13)21(29)19(27)16-11-24-17-15(22(30)31)7-8-23-18(16)17;1-6-9(7(2)3)8(4)5;1-3-2-7-4(5)6-3;1-2/h2-8,11,13,35H,9-10,12H2,1H3;3-9,12,14,16,28H,10-11,13H2,1-2H3,(H,29,30,34);2-8,11,13,24H,9-10,12H2,1H3,(H,30,31);7-8H,6H2,1-5H3;2H,1H3,(H2,5,6);1H3/t13-;16-;13-;;;/m111.../s1/i;;;;;1D. The average molecular weight is 1800 g/mol. The van der Waals surface area contributed by atoms with Crippen molar-refractivity contribution in [2.45, 2.75) is 99.4 Å². The zero-order valence-electron chi connectivity index (χ0n) is 72.0. The fraction of sp³-hybridized carbons (Fsp3) is 0.292. The van der Waals surface area contributed by atoms with Crippen LogP contribution in [0, 0.1) is 42.9 Å². The number of hydrogen-bond acceptors (Lipinski definition) is 22. The van der Waals surface area contributed by atoms with Gasteiger partial charge in [0, 0.05) is 154 Å². The number of aryl methyl sites for hydroxylation is 2. The van der Waals surface area contributed by atoms with Crippen LogP contribution in [-0.2, 0) is 14.4 Å². The van der Waals surface area contributed by atoms with Crippen molar-refractivity contribution in [3.8, 4) is 5.75 Å². The first kappa shape index (κ1) is 94.5. The van der Waals surface area contributed by atoms with E-state index in [1.54, 1.807) is 107 Å². The summed E-state index contributed by atoms with van der Waals surface area (Å²) in [6.45, 7) is 23.5. The molecule has 12 aromatic rings. The number of ether oxygens (including phenoxy) is 1. The number of aromatic nitrogens is 8. The normalized spacial score (nSPS) is 14.9. The summed E-state index contributed by atoms with van der Waals surface area (Å²) in [4.78, 5) is 194. The Balaban J connectivity index is 0.000000183. The molecule has 0 bridgehead atoms. The van der Waals surface area contributed by atoms with Crippen LogP contribution in [0.5, 0.6) is 5.75 Å². The Labute approximate surface area is 738 Å². The molecule has 0 saturated carbocycles. The minimum Gasteiger partial charge on any atom is -0.478 e. The molecule has 31 nitrogen and oxygen atoms in total. The number of hydrogen-bond donors (Lipinski definition) is 6. The van der Waals surface area contributed by atoms with E-state index in [0.717, 1.165) is 36.4 Å². The van der Waals surface area contributed by atoms with E-state index in [4.69, 9.17) is 7.10 Å². The lowest BCUT2D eigenvalue weighted by molar-refractivity contribution is -0.130. The lowest BCUT2D eigenvalue weighted by Crippen LogP contribution is -2.56. The van der Waals surface area contributed by atoms with Crippen LogP contribution in [0.2, 0.25) is 0 Å². The Kier molecular flexibility index (Phi) is 31.8. The van der Waals surface area contributed by atoms with Crippen LogP contribution < -0.4 is 15.8 Å². The monoisotopic (exact) mass is 1800 g/mol. The largest absolute Gasteiger partial charge is 0.478 e. The Morgan fingerprint density at radius 3 is 1.15 bits per heavy atom. The van der Waals surface area contributed by atoms with Gasteiger partial charge >= 0.3 is 11.9 Å². The van der Waals surface area contributed by atoms with E-state index in [2.05, 4.69) is 89.4 Å². The van der Waals surface area contributed by atoms with Crippen molar-refractivity contribution in [3.63, 3.8) is 0 Å². The molecule has 8 aromatic heterocycles. The van der Waals surface area contributed by atoms with Crippen LogP contribution in [0.1, 0.15) is 161 Å². The zero-order valence-corrected chi connectivity index (χ0v) is 72.6. The first-order valence-electron chi connectivity index (χ1n) is 40.7. The van der Waals surface area contributed by atoms with E-state index in [0.29, 0.717) is 70.7 Å². The minimum atomic E-state index is -2.42. The van der Waals surface area contributed by atoms with Gasteiger partial charge in [-0.1, -0.05) is 61.5 Å². The number of amides is 7. The van der Waals surface area contributed by atoms with Gasteiger partial charge in [-0.05, 0) is 123 Å². The molecule has 0 unspecified atom stereocenters. The summed E-state index contributed by atoms with van der Waals surface area (Å²) in [5.41, 5.74) is 8.97. The minimum absolute atomic E-state index is 0.0260. The highest BCUT2D eigenvalue weighted by atomic mass is 32.1. The third kappa shape index (κ3) is 22.0. The molecule has 0 aliphatic carbocycles. The quantitative estimate of drug-likeness (QED) is 0.00938. The Bertz CT molecular complexity index is 6090. The number of carbonyl (C=O) groups is 12. The maximum absolute atomic E-state index is 14.0. The number of Topliss-reactive ketones (excluding diaryl/α,β-unsaturated/α-hetero) is 3. The maximum atomic E-state index is 14.0. The number of esters is 1. The molecule has 0 spiro atoms. The van der Waals surface area contributed by atoms with Gasteiger partial charge in [0.2, 0.25) is 34.8 Å². The Hall–Kier alpha value is -14.2. The molecule has 15 rings (SSSR count). The first-order chi connectivity index (χ1) is 61.5. The molecule has 670 valence electrons. The van der Waals surface area contributed by atoms with Gasteiger partial charge in [0.25, 0.3) is 58.7 Å². The van der Waals surface area contributed by atoms with Gasteiger partial charge in [-0.3, -0.25) is 77.5 Å². The predicted octanol–water partition coefficient (Wildman–Crippen LogP) is 12.7. The number of piperazine rings is 3. The fourth-order valence-electron chi connectivity index (χ4n) is 14.6. The van der Waals surface area contributed by atoms with Crippen molar-refractivity contribution in [1.82, 2.24) is 74.2 Å². The van der Waals surface area contributed by atoms with Crippen molar-refractivity contribution in [2.24, 2.45) is 0 Å². The number of aromatic carboxylic acids is 1. The molecule has 11 heterocycles. The number of nitrogens with zero attached hydrogens (tertiary/aromatic N) is 12. The van der Waals surface area contributed by atoms with Gasteiger partial charge < -0.3 is 59.9 Å². The van der Waals surface area contributed by atoms with Crippen molar-refractivity contribution in [1.29, 1.82) is 0 Å². The predicted molar refractivity (Wildman–Crippen MR) is 466 cm³/mol. The summed E-state index contributed by atoms with van der Waals surface area (Å²) in [5.74, 6) is -21.8. The second-order valence-electron chi connectivity index (χ2n) is 29.9. The van der Waals surface area contributed by atoms with E-state index in [9.17, 15) is 89.0 Å². The second kappa shape index (κ2) is 43.1. The number of pyridine rings is 3. The van der Waals surface area contributed by atoms with Crippen LogP contribution in [0.25, 0.3) is 33.1 Å². The number of nitrogens with one attached hydrogen (secondary N) is 4. The number of rotatable bonds is 17. The number of carbonyl (C=O) groups excluding carboxylic acids is 11. The zero-order chi connectivity index (χ0) is 93.9. The highest BCUT2D eigenvalue weighted by molar-refractivity contribution is 7.14. The number of benzene rings is 4. The molecular weight excluding hydrogens is 1710 g/mol. The SMILES string of the molecule is CCN(C(C)C)C(C)C.C[C@@H]1CN(C(=O)c2ccccc2)CCN1C(=O)C(=O)c1c[nH]c2c(C(=O)O)ccnc12.C[C@@H]1CN(C(=O)c2ccccc2)CCN1C(=O)C(=O)c1c[nH]c2c(C(=O)Oc3c(F)c(F)c(F)c(F)c3F)ccnc12.Cc1csc(N)n1.Cc1csc(NC(=O)c2ccnc3c(C(=O)C(=O)N4CCN(C(=O)c5ccccc5)C[C@H]4C)c[nH]c23)n1.[2H]CF. The van der Waals surface area contributed by atoms with Crippen molar-refractivity contribution in [3.05, 3.63) is 248 Å². The second-order valence-corrected chi connectivity index (χ2v) is 31.7. The Morgan fingerprint density at radius 2 is 0.844 bits per heavy atom. The third-order valence-corrected chi connectivity index (χ3v) is 22.5. The topological polar surface area (TPSA) is 407 Å². The number of thiazole rings is 2. The first-order valence-corrected chi connectivity index (χ1v) is 41.7. The summed E-state index contributed by atoms with van der Waals surface area (Å²) >= 11 is 2.78. The number of fused-ring (bicyclic) bond motifs is 3. The summed E-state index contributed by atoms with van der Waals surface area (Å²) in [6.07, 6.45) is 7.55. The molecule has 128 heavy (non-hydrogen) atoms. The molecule has 3 atom stereocenters. The molecule has 0 radical (unpaired) electrons. The van der Waals surface area contributed by atoms with Crippen molar-refractivity contribution >= 4 is 137 Å². The van der Waals surface area contributed by atoms with E-state index < -0.39 is 107 Å². The number of aromatic amines is 3. The van der Waals surface area contributed by atoms with E-state index >= 15 is 0 Å². The Morgan fingerprint density at radius 1 is 0.508 bits per heavy atom. The molecule has 3 aliphatic heterocycles. The molecule has 3 aliphatic rings. The summed E-state index contributed by atoms with van der Waals surface area (Å²) in [7, 11) is -1.00. The number of carboxylic acid groups (broad SMARTS) is 1.